The van der Waals surface area contributed by atoms with Crippen molar-refractivity contribution >= 4 is 35.8 Å². The van der Waals surface area contributed by atoms with Crippen molar-refractivity contribution < 1.29 is 57.2 Å². The summed E-state index contributed by atoms with van der Waals surface area (Å²) in [4.78, 5) is 77.5. The van der Waals surface area contributed by atoms with Crippen LogP contribution in [-0.2, 0) is 57.2 Å². The first-order valence-electron chi connectivity index (χ1n) is 25.7. The molecule has 0 aliphatic heterocycles. The van der Waals surface area contributed by atoms with Crippen molar-refractivity contribution in [2.45, 2.75) is 245 Å². The first-order valence-corrected chi connectivity index (χ1v) is 25.7. The molecular weight excluding hydrogens is 819 g/mol. The smallest absolute Gasteiger partial charge is 0.306 e. The normalized spacial score (nSPS) is 11.2. The first kappa shape index (κ1) is 60.8. The molecule has 0 bridgehead atoms. The number of hydrogen-bond acceptors (Lipinski definition) is 13. The van der Waals surface area contributed by atoms with E-state index in [-0.39, 0.29) is 63.1 Å². The van der Waals surface area contributed by atoms with E-state index in [4.69, 9.17) is 28.4 Å². The molecular formula is C51H93NO12. The van der Waals surface area contributed by atoms with Gasteiger partial charge in [-0.2, -0.15) is 0 Å². The topological polar surface area (TPSA) is 161 Å². The lowest BCUT2D eigenvalue weighted by molar-refractivity contribution is -0.167. The van der Waals surface area contributed by atoms with E-state index in [1.54, 1.807) is 0 Å². The van der Waals surface area contributed by atoms with Gasteiger partial charge in [-0.1, -0.05) is 156 Å². The molecule has 0 N–H and O–H groups in total. The van der Waals surface area contributed by atoms with Crippen molar-refractivity contribution in [2.24, 2.45) is 0 Å². The van der Waals surface area contributed by atoms with Gasteiger partial charge in [0, 0.05) is 38.5 Å². The van der Waals surface area contributed by atoms with Crippen LogP contribution in [0.2, 0.25) is 0 Å². The van der Waals surface area contributed by atoms with E-state index in [2.05, 4.69) is 27.7 Å². The molecule has 0 aliphatic rings. The standard InChI is InChI=1S/C51H93NO12/c1-6-10-14-18-22-26-32-46(53)59-40-44(41-60-47(54)33-27-23-19-15-11-7-2)63-50(57)36-30-38-52(5)39-31-37-51(58)64-45(42-61-48(55)34-28-24-20-16-12-8-3)43-62-49(56)35-29-25-21-17-13-9-4/h44-45H,6-43H2,1-5H3. The van der Waals surface area contributed by atoms with E-state index < -0.39 is 24.1 Å². The quantitative estimate of drug-likeness (QED) is 0.0323. The van der Waals surface area contributed by atoms with Crippen molar-refractivity contribution in [3.8, 4) is 0 Å². The molecule has 0 atom stereocenters. The van der Waals surface area contributed by atoms with Crippen LogP contribution in [0.4, 0.5) is 0 Å². The second-order valence-electron chi connectivity index (χ2n) is 17.5. The Balaban J connectivity index is 4.89. The molecule has 0 rings (SSSR count). The predicted molar refractivity (Wildman–Crippen MR) is 252 cm³/mol. The summed E-state index contributed by atoms with van der Waals surface area (Å²) in [7, 11) is 1.89. The van der Waals surface area contributed by atoms with Crippen LogP contribution in [0.25, 0.3) is 0 Å². The van der Waals surface area contributed by atoms with E-state index in [1.165, 1.54) is 25.7 Å². The predicted octanol–water partition coefficient (Wildman–Crippen LogP) is 11.5. The highest BCUT2D eigenvalue weighted by molar-refractivity contribution is 5.72. The van der Waals surface area contributed by atoms with Crippen LogP contribution in [-0.4, -0.2) is 99.5 Å². The molecule has 0 radical (unpaired) electrons. The zero-order valence-corrected chi connectivity index (χ0v) is 41.4. The zero-order valence-electron chi connectivity index (χ0n) is 41.4. The fourth-order valence-corrected chi connectivity index (χ4v) is 7.05. The molecule has 0 aromatic rings. The van der Waals surface area contributed by atoms with Crippen LogP contribution < -0.4 is 0 Å². The summed E-state index contributed by atoms with van der Waals surface area (Å²) in [6.07, 6.45) is 25.6. The van der Waals surface area contributed by atoms with E-state index in [1.807, 2.05) is 11.9 Å². The molecule has 374 valence electrons. The van der Waals surface area contributed by atoms with Gasteiger partial charge in [0.25, 0.3) is 0 Å². The van der Waals surface area contributed by atoms with E-state index in [0.717, 1.165) is 128 Å². The third-order valence-electron chi connectivity index (χ3n) is 11.1. The molecule has 0 aromatic carbocycles. The Labute approximate surface area is 388 Å². The molecule has 13 nitrogen and oxygen atoms in total. The fraction of sp³-hybridized carbons (Fsp3) is 0.882. The summed E-state index contributed by atoms with van der Waals surface area (Å²) in [6, 6.07) is 0. The maximum Gasteiger partial charge on any atom is 0.306 e. The number of carbonyl (C=O) groups excluding carboxylic acids is 6. The van der Waals surface area contributed by atoms with Gasteiger partial charge < -0.3 is 33.3 Å². The Morgan fingerprint density at radius 3 is 0.781 bits per heavy atom. The Bertz CT molecular complexity index is 1030. The van der Waals surface area contributed by atoms with Gasteiger partial charge in [0.2, 0.25) is 0 Å². The second-order valence-corrected chi connectivity index (χ2v) is 17.5. The number of hydrogen-bond donors (Lipinski definition) is 0. The number of carbonyl (C=O) groups is 6. The van der Waals surface area contributed by atoms with Crippen LogP contribution in [0.15, 0.2) is 0 Å². The van der Waals surface area contributed by atoms with Gasteiger partial charge in [-0.05, 0) is 58.7 Å². The monoisotopic (exact) mass is 912 g/mol. The number of esters is 6. The molecule has 0 saturated carbocycles. The molecule has 0 heterocycles. The Kier molecular flexibility index (Phi) is 42.7. The summed E-state index contributed by atoms with van der Waals surface area (Å²) in [5, 5.41) is 0. The first-order chi connectivity index (χ1) is 31.0. The Hall–Kier alpha value is -3.22. The maximum atomic E-state index is 12.9. The van der Waals surface area contributed by atoms with Gasteiger partial charge in [0.05, 0.1) is 0 Å². The third kappa shape index (κ3) is 41.5. The van der Waals surface area contributed by atoms with Gasteiger partial charge in [-0.3, -0.25) is 28.8 Å². The van der Waals surface area contributed by atoms with E-state index in [9.17, 15) is 28.8 Å². The molecule has 0 saturated heterocycles. The largest absolute Gasteiger partial charge is 0.462 e. The summed E-state index contributed by atoms with van der Waals surface area (Å²) in [6.45, 7) is 9.06. The van der Waals surface area contributed by atoms with Crippen LogP contribution in [0, 0.1) is 0 Å². The van der Waals surface area contributed by atoms with Crippen LogP contribution in [0.1, 0.15) is 233 Å². The molecule has 0 amide bonds. The minimum atomic E-state index is -0.894. The van der Waals surface area contributed by atoms with Gasteiger partial charge >= 0.3 is 35.8 Å². The van der Waals surface area contributed by atoms with Crippen LogP contribution in [0.3, 0.4) is 0 Å². The lowest BCUT2D eigenvalue weighted by Gasteiger charge is -2.20. The van der Waals surface area contributed by atoms with E-state index in [0.29, 0.717) is 51.6 Å². The van der Waals surface area contributed by atoms with Crippen LogP contribution >= 0.6 is 0 Å². The lowest BCUT2D eigenvalue weighted by atomic mass is 10.1. The van der Waals surface area contributed by atoms with Crippen molar-refractivity contribution in [3.05, 3.63) is 0 Å². The minimum Gasteiger partial charge on any atom is -0.462 e. The molecule has 0 unspecified atom stereocenters. The molecule has 0 spiro atoms. The van der Waals surface area contributed by atoms with Gasteiger partial charge in [0.1, 0.15) is 26.4 Å². The highest BCUT2D eigenvalue weighted by Crippen LogP contribution is 2.13. The van der Waals surface area contributed by atoms with Gasteiger partial charge in [-0.15, -0.1) is 0 Å². The average Bonchev–Trinajstić information content (AvgIpc) is 3.27. The zero-order chi connectivity index (χ0) is 47.3. The Morgan fingerprint density at radius 1 is 0.312 bits per heavy atom. The van der Waals surface area contributed by atoms with Crippen molar-refractivity contribution in [1.29, 1.82) is 0 Å². The van der Waals surface area contributed by atoms with Crippen molar-refractivity contribution in [2.75, 3.05) is 46.6 Å². The van der Waals surface area contributed by atoms with Crippen LogP contribution in [0.5, 0.6) is 0 Å². The fourth-order valence-electron chi connectivity index (χ4n) is 7.05. The molecule has 64 heavy (non-hydrogen) atoms. The number of unbranched alkanes of at least 4 members (excludes halogenated alkanes) is 20. The molecule has 0 aromatic heterocycles. The highest BCUT2D eigenvalue weighted by atomic mass is 16.6. The SMILES string of the molecule is CCCCCCCCC(=O)OCC(COC(=O)CCCCCCCC)OC(=O)CCCN(C)CCCC(=O)OC(COC(=O)CCCCCCCC)COC(=O)CCCCCCCC. The van der Waals surface area contributed by atoms with Gasteiger partial charge in [-0.25, -0.2) is 0 Å². The maximum absolute atomic E-state index is 12.9. The second kappa shape index (κ2) is 45.0. The number of nitrogens with zero attached hydrogens (tertiary/aromatic N) is 1. The van der Waals surface area contributed by atoms with Crippen molar-refractivity contribution in [3.63, 3.8) is 0 Å². The highest BCUT2D eigenvalue weighted by Gasteiger charge is 2.21. The van der Waals surface area contributed by atoms with E-state index >= 15 is 0 Å². The average molecular weight is 912 g/mol. The summed E-state index contributed by atoms with van der Waals surface area (Å²) in [5.41, 5.74) is 0. The molecule has 13 heteroatoms. The molecule has 0 fully saturated rings. The summed E-state index contributed by atoms with van der Waals surface area (Å²) >= 11 is 0. The number of ether oxygens (including phenoxy) is 6. The van der Waals surface area contributed by atoms with Gasteiger partial charge in [0.15, 0.2) is 12.2 Å². The Morgan fingerprint density at radius 2 is 0.531 bits per heavy atom. The van der Waals surface area contributed by atoms with Crippen molar-refractivity contribution in [1.82, 2.24) is 4.90 Å². The summed E-state index contributed by atoms with van der Waals surface area (Å²) in [5.74, 6) is -2.40. The third-order valence-corrected chi connectivity index (χ3v) is 11.1. The minimum absolute atomic E-state index is 0.108. The summed E-state index contributed by atoms with van der Waals surface area (Å²) < 4.78 is 33.0. The lowest BCUT2D eigenvalue weighted by Crippen LogP contribution is -2.31. The molecule has 0 aliphatic carbocycles. The number of rotatable bonds is 46.